The quantitative estimate of drug-likeness (QED) is 0.245. The van der Waals surface area contributed by atoms with Crippen molar-refractivity contribution in [2.45, 2.75) is 51.0 Å². The number of nitro groups is 1. The number of fused-ring (bicyclic) bond motifs is 3. The van der Waals surface area contributed by atoms with E-state index in [9.17, 15) is 10.1 Å². The van der Waals surface area contributed by atoms with Crippen molar-refractivity contribution < 1.29 is 9.66 Å². The molecule has 0 aromatic heterocycles. The largest absolute Gasteiger partial charge is 0.494 e. The van der Waals surface area contributed by atoms with Gasteiger partial charge in [-0.15, -0.1) is 0 Å². The van der Waals surface area contributed by atoms with E-state index in [1.54, 1.807) is 12.1 Å². The summed E-state index contributed by atoms with van der Waals surface area (Å²) in [5.41, 5.74) is 3.22. The van der Waals surface area contributed by atoms with Gasteiger partial charge in [-0.05, 0) is 42.5 Å². The van der Waals surface area contributed by atoms with Crippen LogP contribution in [0.3, 0.4) is 0 Å². The van der Waals surface area contributed by atoms with Gasteiger partial charge in [0.1, 0.15) is 5.75 Å². The van der Waals surface area contributed by atoms with Crippen LogP contribution in [0.1, 0.15) is 62.1 Å². The second-order valence-corrected chi connectivity index (χ2v) is 7.95. The molecule has 1 N–H and O–H groups in total. The van der Waals surface area contributed by atoms with Gasteiger partial charge in [-0.1, -0.05) is 56.5 Å². The Morgan fingerprint density at radius 2 is 2.00 bits per heavy atom. The van der Waals surface area contributed by atoms with Gasteiger partial charge in [-0.2, -0.15) is 0 Å². The third kappa shape index (κ3) is 4.00. The minimum atomic E-state index is -0.278. The third-order valence-corrected chi connectivity index (χ3v) is 6.07. The number of hydrogen-bond acceptors (Lipinski definition) is 4. The molecule has 2 aromatic carbocycles. The van der Waals surface area contributed by atoms with Crippen molar-refractivity contribution in [3.8, 4) is 5.75 Å². The molecular formula is C24H28N2O3. The molecule has 1 heterocycles. The first-order valence-electron chi connectivity index (χ1n) is 10.6. The zero-order chi connectivity index (χ0) is 20.2. The average molecular weight is 392 g/mol. The van der Waals surface area contributed by atoms with Crippen molar-refractivity contribution in [3.05, 3.63) is 75.9 Å². The summed E-state index contributed by atoms with van der Waals surface area (Å²) >= 11 is 0. The van der Waals surface area contributed by atoms with E-state index in [4.69, 9.17) is 4.74 Å². The molecule has 3 unspecified atom stereocenters. The summed E-state index contributed by atoms with van der Waals surface area (Å²) in [5, 5.41) is 15.1. The Morgan fingerprint density at radius 3 is 2.83 bits per heavy atom. The van der Waals surface area contributed by atoms with E-state index in [-0.39, 0.29) is 28.5 Å². The van der Waals surface area contributed by atoms with E-state index in [1.165, 1.54) is 24.8 Å². The molecule has 0 amide bonds. The monoisotopic (exact) mass is 392 g/mol. The van der Waals surface area contributed by atoms with Crippen molar-refractivity contribution in [3.63, 3.8) is 0 Å². The number of benzene rings is 2. The smallest absolute Gasteiger partial charge is 0.274 e. The lowest BCUT2D eigenvalue weighted by molar-refractivity contribution is -0.385. The first kappa shape index (κ1) is 19.5. The van der Waals surface area contributed by atoms with Crippen molar-refractivity contribution in [2.75, 3.05) is 11.9 Å². The SMILES string of the molecule is CCCCCCOc1ccc2c(c1)C1C=CCC1C(c1ccccc1[N+](=O)[O-])N2. The van der Waals surface area contributed by atoms with Crippen molar-refractivity contribution >= 4 is 11.4 Å². The number of allylic oxidation sites excluding steroid dienone is 2. The average Bonchev–Trinajstić information content (AvgIpc) is 3.23. The highest BCUT2D eigenvalue weighted by atomic mass is 16.6. The van der Waals surface area contributed by atoms with E-state index in [0.29, 0.717) is 0 Å². The zero-order valence-corrected chi connectivity index (χ0v) is 16.8. The standard InChI is InChI=1S/C24H28N2O3/c1-2-3-4-7-15-29-17-13-14-22-21(16-17)18-10-8-11-19(18)24(25-22)20-9-5-6-12-23(20)26(27)28/h5-6,8-10,12-14,16,18-19,24-25H,2-4,7,11,15H2,1H3. The van der Waals surface area contributed by atoms with Crippen LogP contribution < -0.4 is 10.1 Å². The molecule has 0 fully saturated rings. The molecule has 0 saturated carbocycles. The topological polar surface area (TPSA) is 64.4 Å². The summed E-state index contributed by atoms with van der Waals surface area (Å²) in [5.74, 6) is 1.42. The maximum Gasteiger partial charge on any atom is 0.274 e. The fraction of sp³-hybridized carbons (Fsp3) is 0.417. The zero-order valence-electron chi connectivity index (χ0n) is 16.8. The fourth-order valence-electron chi connectivity index (χ4n) is 4.61. The summed E-state index contributed by atoms with van der Waals surface area (Å²) < 4.78 is 5.99. The number of rotatable bonds is 8. The lowest BCUT2D eigenvalue weighted by Gasteiger charge is -2.37. The Kier molecular flexibility index (Phi) is 5.84. The predicted molar refractivity (Wildman–Crippen MR) is 116 cm³/mol. The third-order valence-electron chi connectivity index (χ3n) is 6.07. The number of nitro benzene ring substituents is 1. The second-order valence-electron chi connectivity index (χ2n) is 7.95. The summed E-state index contributed by atoms with van der Waals surface area (Å²) in [4.78, 5) is 11.3. The van der Waals surface area contributed by atoms with E-state index in [2.05, 4.69) is 36.5 Å². The summed E-state index contributed by atoms with van der Waals surface area (Å²) in [7, 11) is 0. The highest BCUT2D eigenvalue weighted by Gasteiger charge is 2.40. The second kappa shape index (κ2) is 8.68. The van der Waals surface area contributed by atoms with Crippen LogP contribution in [0, 0.1) is 16.0 Å². The van der Waals surface area contributed by atoms with Gasteiger partial charge < -0.3 is 10.1 Å². The maximum atomic E-state index is 11.6. The van der Waals surface area contributed by atoms with Gasteiger partial charge in [-0.25, -0.2) is 0 Å². The normalized spacial score (nSPS) is 21.9. The van der Waals surface area contributed by atoms with Crippen LogP contribution in [0.5, 0.6) is 5.75 Å². The van der Waals surface area contributed by atoms with E-state index in [0.717, 1.165) is 36.4 Å². The maximum absolute atomic E-state index is 11.6. The number of unbranched alkanes of at least 4 members (excludes halogenated alkanes) is 3. The van der Waals surface area contributed by atoms with Gasteiger partial charge in [0, 0.05) is 17.7 Å². The Balaban J connectivity index is 1.57. The number of nitrogens with zero attached hydrogens (tertiary/aromatic N) is 1. The van der Waals surface area contributed by atoms with Crippen LogP contribution in [0.2, 0.25) is 0 Å². The lowest BCUT2D eigenvalue weighted by atomic mass is 9.76. The Bertz CT molecular complexity index is 909. The highest BCUT2D eigenvalue weighted by Crippen LogP contribution is 2.51. The Hall–Kier alpha value is -2.82. The first-order valence-corrected chi connectivity index (χ1v) is 10.6. The molecule has 29 heavy (non-hydrogen) atoms. The summed E-state index contributed by atoms with van der Waals surface area (Å²) in [6, 6.07) is 13.2. The number of hydrogen-bond donors (Lipinski definition) is 1. The Morgan fingerprint density at radius 1 is 1.14 bits per heavy atom. The van der Waals surface area contributed by atoms with Gasteiger partial charge in [0.15, 0.2) is 0 Å². The number of ether oxygens (including phenoxy) is 1. The molecule has 1 aliphatic carbocycles. The van der Waals surface area contributed by atoms with Gasteiger partial charge in [0.05, 0.1) is 23.1 Å². The molecule has 5 nitrogen and oxygen atoms in total. The number of nitrogens with one attached hydrogen (secondary N) is 1. The molecule has 152 valence electrons. The van der Waals surface area contributed by atoms with Crippen LogP contribution in [0.15, 0.2) is 54.6 Å². The number of para-hydroxylation sites is 1. The van der Waals surface area contributed by atoms with E-state index < -0.39 is 0 Å². The minimum Gasteiger partial charge on any atom is -0.494 e. The summed E-state index contributed by atoms with van der Waals surface area (Å²) in [6.07, 6.45) is 10.1. The predicted octanol–water partition coefficient (Wildman–Crippen LogP) is 6.38. The molecule has 3 atom stereocenters. The molecule has 5 heteroatoms. The van der Waals surface area contributed by atoms with Gasteiger partial charge in [-0.3, -0.25) is 10.1 Å². The van der Waals surface area contributed by atoms with E-state index >= 15 is 0 Å². The van der Waals surface area contributed by atoms with Gasteiger partial charge in [0.25, 0.3) is 5.69 Å². The van der Waals surface area contributed by atoms with Crippen molar-refractivity contribution in [2.24, 2.45) is 5.92 Å². The van der Waals surface area contributed by atoms with Crippen LogP contribution in [-0.2, 0) is 0 Å². The first-order chi connectivity index (χ1) is 14.2. The minimum absolute atomic E-state index is 0.0788. The molecule has 0 bridgehead atoms. The van der Waals surface area contributed by atoms with Crippen LogP contribution in [0.4, 0.5) is 11.4 Å². The molecule has 0 radical (unpaired) electrons. The number of anilines is 1. The van der Waals surface area contributed by atoms with Gasteiger partial charge in [0.2, 0.25) is 0 Å². The van der Waals surface area contributed by atoms with Crippen molar-refractivity contribution in [1.82, 2.24) is 0 Å². The molecule has 2 aromatic rings. The molecule has 4 rings (SSSR count). The highest BCUT2D eigenvalue weighted by molar-refractivity contribution is 5.63. The molecule has 0 spiro atoms. The molecule has 1 aliphatic heterocycles. The molecular weight excluding hydrogens is 364 g/mol. The molecule has 2 aliphatic rings. The van der Waals surface area contributed by atoms with Crippen LogP contribution >= 0.6 is 0 Å². The fourth-order valence-corrected chi connectivity index (χ4v) is 4.61. The summed E-state index contributed by atoms with van der Waals surface area (Å²) in [6.45, 7) is 2.95. The Labute approximate surface area is 171 Å². The van der Waals surface area contributed by atoms with Gasteiger partial charge >= 0.3 is 0 Å². The van der Waals surface area contributed by atoms with Crippen molar-refractivity contribution in [1.29, 1.82) is 0 Å². The lowest BCUT2D eigenvalue weighted by Crippen LogP contribution is -2.29. The van der Waals surface area contributed by atoms with E-state index in [1.807, 2.05) is 18.2 Å². The molecule has 0 saturated heterocycles. The van der Waals surface area contributed by atoms with Crippen LogP contribution in [-0.4, -0.2) is 11.5 Å². The van der Waals surface area contributed by atoms with Crippen LogP contribution in [0.25, 0.3) is 0 Å².